The second-order valence-corrected chi connectivity index (χ2v) is 4.95. The van der Waals surface area contributed by atoms with E-state index < -0.39 is 23.2 Å². The molecule has 0 aromatic heterocycles. The first-order valence-corrected chi connectivity index (χ1v) is 6.47. The molecule has 1 heterocycles. The van der Waals surface area contributed by atoms with Gasteiger partial charge in [0.2, 0.25) is 0 Å². The van der Waals surface area contributed by atoms with Crippen LogP contribution in [0, 0.1) is 11.6 Å². The molecule has 2 rings (SSSR count). The molecule has 5 nitrogen and oxygen atoms in total. The minimum Gasteiger partial charge on any atom is -0.350 e. The summed E-state index contributed by atoms with van der Waals surface area (Å²) >= 11 is 0. The molecular formula is C13H18F2N4O. The highest BCUT2D eigenvalue weighted by Gasteiger charge is 2.22. The number of hydrogen-bond acceptors (Lipinski definition) is 4. The molecule has 1 aromatic rings. The van der Waals surface area contributed by atoms with Crippen LogP contribution in [0.3, 0.4) is 0 Å². The van der Waals surface area contributed by atoms with Crippen LogP contribution in [-0.2, 0) is 0 Å². The van der Waals surface area contributed by atoms with E-state index in [2.05, 4.69) is 10.2 Å². The highest BCUT2D eigenvalue weighted by atomic mass is 19.1. The third kappa shape index (κ3) is 3.05. The summed E-state index contributed by atoms with van der Waals surface area (Å²) in [6, 6.07) is 2.21. The van der Waals surface area contributed by atoms with Gasteiger partial charge in [0, 0.05) is 18.2 Å². The van der Waals surface area contributed by atoms with Gasteiger partial charge in [-0.25, -0.2) is 8.78 Å². The van der Waals surface area contributed by atoms with Crippen molar-refractivity contribution in [2.45, 2.75) is 18.9 Å². The molecule has 0 bridgehead atoms. The van der Waals surface area contributed by atoms with E-state index in [-0.39, 0.29) is 11.6 Å². The number of nitrogens with one attached hydrogen (secondary N) is 2. The average Bonchev–Trinajstić information content (AvgIpc) is 2.81. The van der Waals surface area contributed by atoms with Gasteiger partial charge in [-0.2, -0.15) is 0 Å². The van der Waals surface area contributed by atoms with Gasteiger partial charge in [0.15, 0.2) is 11.6 Å². The average molecular weight is 284 g/mol. The highest BCUT2D eigenvalue weighted by Crippen LogP contribution is 2.20. The van der Waals surface area contributed by atoms with Crippen molar-refractivity contribution < 1.29 is 13.6 Å². The number of carbonyl (C=O) groups excluding carboxylic acids is 1. The molecule has 1 fully saturated rings. The van der Waals surface area contributed by atoms with Crippen LogP contribution >= 0.6 is 0 Å². The van der Waals surface area contributed by atoms with Crippen LogP contribution in [0.25, 0.3) is 0 Å². The number of carbonyl (C=O) groups is 1. The summed E-state index contributed by atoms with van der Waals surface area (Å²) in [5.41, 5.74) is 1.42. The lowest BCUT2D eigenvalue weighted by Gasteiger charge is -2.19. The Balaban J connectivity index is 2.02. The van der Waals surface area contributed by atoms with E-state index in [0.717, 1.165) is 31.5 Å². The van der Waals surface area contributed by atoms with E-state index in [0.29, 0.717) is 6.54 Å². The van der Waals surface area contributed by atoms with E-state index in [4.69, 9.17) is 5.84 Å². The third-order valence-electron chi connectivity index (χ3n) is 3.62. The van der Waals surface area contributed by atoms with Gasteiger partial charge in [0.05, 0.1) is 0 Å². The van der Waals surface area contributed by atoms with Crippen LogP contribution in [0.5, 0.6) is 0 Å². The number of nitrogens with zero attached hydrogens (tertiary/aromatic N) is 1. The van der Waals surface area contributed by atoms with Crippen molar-refractivity contribution in [1.29, 1.82) is 0 Å². The van der Waals surface area contributed by atoms with Gasteiger partial charge in [-0.1, -0.05) is 0 Å². The van der Waals surface area contributed by atoms with Crippen molar-refractivity contribution in [3.63, 3.8) is 0 Å². The SMILES string of the molecule is CN1CCCC1CNC(=O)c1cc(F)c(NN)c(F)c1. The first-order chi connectivity index (χ1) is 9.52. The van der Waals surface area contributed by atoms with Gasteiger partial charge >= 0.3 is 0 Å². The quantitative estimate of drug-likeness (QED) is 0.571. The zero-order valence-electron chi connectivity index (χ0n) is 11.2. The van der Waals surface area contributed by atoms with Crippen molar-refractivity contribution in [2.24, 2.45) is 5.84 Å². The lowest BCUT2D eigenvalue weighted by Crippen LogP contribution is -2.38. The zero-order chi connectivity index (χ0) is 14.7. The summed E-state index contributed by atoms with van der Waals surface area (Å²) in [4.78, 5) is 14.1. The van der Waals surface area contributed by atoms with Crippen LogP contribution in [0.1, 0.15) is 23.2 Å². The number of hydrogen-bond donors (Lipinski definition) is 3. The molecule has 0 radical (unpaired) electrons. The Morgan fingerprint density at radius 1 is 1.45 bits per heavy atom. The number of amides is 1. The maximum atomic E-state index is 13.5. The fourth-order valence-corrected chi connectivity index (χ4v) is 2.39. The molecule has 20 heavy (non-hydrogen) atoms. The fourth-order valence-electron chi connectivity index (χ4n) is 2.39. The number of rotatable bonds is 4. The Kier molecular flexibility index (Phi) is 4.51. The molecule has 1 unspecified atom stereocenters. The molecule has 0 aliphatic carbocycles. The smallest absolute Gasteiger partial charge is 0.251 e. The summed E-state index contributed by atoms with van der Waals surface area (Å²) in [7, 11) is 1.99. The van der Waals surface area contributed by atoms with Crippen molar-refractivity contribution >= 4 is 11.6 Å². The van der Waals surface area contributed by atoms with E-state index in [1.165, 1.54) is 0 Å². The summed E-state index contributed by atoms with van der Waals surface area (Å²) in [5.74, 6) is 2.72. The number of benzene rings is 1. The Bertz CT molecular complexity index is 486. The Morgan fingerprint density at radius 3 is 2.60 bits per heavy atom. The standard InChI is InChI=1S/C13H18F2N4O/c1-19-4-2-3-9(19)7-17-13(20)8-5-10(14)12(18-16)11(15)6-8/h5-6,9,18H,2-4,7,16H2,1H3,(H,17,20). The molecule has 0 saturated carbocycles. The van der Waals surface area contributed by atoms with Crippen LogP contribution in [-0.4, -0.2) is 37.0 Å². The normalized spacial score (nSPS) is 19.1. The Hall–Kier alpha value is -1.73. The predicted molar refractivity (Wildman–Crippen MR) is 72.2 cm³/mol. The molecule has 1 saturated heterocycles. The first kappa shape index (κ1) is 14.7. The van der Waals surface area contributed by atoms with Crippen molar-refractivity contribution in [1.82, 2.24) is 10.2 Å². The minimum absolute atomic E-state index is 0.0559. The van der Waals surface area contributed by atoms with Gasteiger partial charge in [0.1, 0.15) is 5.69 Å². The van der Waals surface area contributed by atoms with E-state index in [1.807, 2.05) is 12.5 Å². The van der Waals surface area contributed by atoms with Gasteiger partial charge in [0.25, 0.3) is 5.91 Å². The lowest BCUT2D eigenvalue weighted by molar-refractivity contribution is 0.0942. The zero-order valence-corrected chi connectivity index (χ0v) is 11.2. The molecule has 1 aliphatic heterocycles. The van der Waals surface area contributed by atoms with Gasteiger partial charge in [-0.3, -0.25) is 10.6 Å². The number of halogens is 2. The topological polar surface area (TPSA) is 70.4 Å². The molecule has 1 amide bonds. The summed E-state index contributed by atoms with van der Waals surface area (Å²) < 4.78 is 27.0. The summed E-state index contributed by atoms with van der Waals surface area (Å²) in [5, 5.41) is 2.70. The highest BCUT2D eigenvalue weighted by molar-refractivity contribution is 5.94. The molecule has 1 aliphatic rings. The summed E-state index contributed by atoms with van der Waals surface area (Å²) in [6.07, 6.45) is 2.10. The van der Waals surface area contributed by atoms with Crippen LogP contribution in [0.15, 0.2) is 12.1 Å². The molecule has 1 atom stereocenters. The Morgan fingerprint density at radius 2 is 2.10 bits per heavy atom. The van der Waals surface area contributed by atoms with Crippen molar-refractivity contribution in [2.75, 3.05) is 25.6 Å². The Labute approximate surface area is 116 Å². The van der Waals surface area contributed by atoms with Gasteiger partial charge in [-0.05, 0) is 38.6 Å². The maximum absolute atomic E-state index is 13.5. The molecule has 4 N–H and O–H groups in total. The molecule has 7 heteroatoms. The number of anilines is 1. The lowest BCUT2D eigenvalue weighted by atomic mass is 10.1. The van der Waals surface area contributed by atoms with E-state index in [1.54, 1.807) is 0 Å². The van der Waals surface area contributed by atoms with Crippen LogP contribution < -0.4 is 16.6 Å². The van der Waals surface area contributed by atoms with E-state index >= 15 is 0 Å². The molecular weight excluding hydrogens is 266 g/mol. The summed E-state index contributed by atoms with van der Waals surface area (Å²) in [6.45, 7) is 1.47. The second kappa shape index (κ2) is 6.15. The largest absolute Gasteiger partial charge is 0.350 e. The molecule has 0 spiro atoms. The number of likely N-dealkylation sites (tertiary alicyclic amines) is 1. The second-order valence-electron chi connectivity index (χ2n) is 4.95. The fraction of sp³-hybridized carbons (Fsp3) is 0.462. The number of nitrogen functional groups attached to an aromatic ring is 1. The third-order valence-corrected chi connectivity index (χ3v) is 3.62. The molecule has 1 aromatic carbocycles. The molecule has 110 valence electrons. The maximum Gasteiger partial charge on any atom is 0.251 e. The monoisotopic (exact) mass is 284 g/mol. The number of hydrazine groups is 1. The van der Waals surface area contributed by atoms with E-state index in [9.17, 15) is 13.6 Å². The number of likely N-dealkylation sites (N-methyl/N-ethyl adjacent to an activating group) is 1. The van der Waals surface area contributed by atoms with Gasteiger partial charge < -0.3 is 15.6 Å². The van der Waals surface area contributed by atoms with Gasteiger partial charge in [-0.15, -0.1) is 0 Å². The van der Waals surface area contributed by atoms with Crippen molar-refractivity contribution in [3.05, 3.63) is 29.3 Å². The first-order valence-electron chi connectivity index (χ1n) is 6.47. The predicted octanol–water partition coefficient (Wildman–Crippen LogP) is 1.07. The van der Waals surface area contributed by atoms with Crippen LogP contribution in [0.2, 0.25) is 0 Å². The minimum atomic E-state index is -0.893. The van der Waals surface area contributed by atoms with Crippen LogP contribution in [0.4, 0.5) is 14.5 Å². The number of nitrogens with two attached hydrogens (primary N) is 1. The van der Waals surface area contributed by atoms with Crippen molar-refractivity contribution in [3.8, 4) is 0 Å².